The average molecular weight is 253 g/mol. The Labute approximate surface area is 105 Å². The zero-order valence-corrected chi connectivity index (χ0v) is 10.3. The molecular formula is C14H14ClFO. The Kier molecular flexibility index (Phi) is 3.95. The van der Waals surface area contributed by atoms with Gasteiger partial charge in [0.05, 0.1) is 5.56 Å². The highest BCUT2D eigenvalue weighted by Gasteiger charge is 2.12. The maximum absolute atomic E-state index is 13.5. The predicted molar refractivity (Wildman–Crippen MR) is 66.9 cm³/mol. The largest absolute Gasteiger partial charge is 0.289 e. The van der Waals surface area contributed by atoms with Crippen LogP contribution in [0.25, 0.3) is 0 Å². The number of hydrogen-bond acceptors (Lipinski definition) is 1. The summed E-state index contributed by atoms with van der Waals surface area (Å²) in [6, 6.07) is 4.16. The molecule has 1 aromatic carbocycles. The number of halogens is 2. The minimum absolute atomic E-state index is 0.104. The van der Waals surface area contributed by atoms with E-state index in [0.29, 0.717) is 5.02 Å². The molecule has 17 heavy (non-hydrogen) atoms. The first-order valence-electron chi connectivity index (χ1n) is 5.85. The minimum atomic E-state index is -0.546. The van der Waals surface area contributed by atoms with Gasteiger partial charge in [-0.15, -0.1) is 0 Å². The normalized spacial score (nSPS) is 15.8. The quantitative estimate of drug-likeness (QED) is 0.557. The SMILES string of the molecule is O=C(C=C1CCCCC1)c1ccc(Cl)cc1F. The lowest BCUT2D eigenvalue weighted by molar-refractivity contribution is 0.104. The highest BCUT2D eigenvalue weighted by molar-refractivity contribution is 6.30. The molecule has 1 fully saturated rings. The first-order valence-corrected chi connectivity index (χ1v) is 6.23. The van der Waals surface area contributed by atoms with Crippen molar-refractivity contribution in [1.82, 2.24) is 0 Å². The Morgan fingerprint density at radius 3 is 2.59 bits per heavy atom. The van der Waals surface area contributed by atoms with Crippen LogP contribution in [0.1, 0.15) is 42.5 Å². The molecule has 1 nitrogen and oxygen atoms in total. The van der Waals surface area contributed by atoms with E-state index in [-0.39, 0.29) is 11.3 Å². The van der Waals surface area contributed by atoms with E-state index in [0.717, 1.165) is 31.3 Å². The van der Waals surface area contributed by atoms with Crippen LogP contribution in [-0.4, -0.2) is 5.78 Å². The van der Waals surface area contributed by atoms with Crippen molar-refractivity contribution in [2.45, 2.75) is 32.1 Å². The van der Waals surface area contributed by atoms with E-state index in [9.17, 15) is 9.18 Å². The summed E-state index contributed by atoms with van der Waals surface area (Å²) in [7, 11) is 0. The maximum atomic E-state index is 13.5. The lowest BCUT2D eigenvalue weighted by Gasteiger charge is -2.12. The van der Waals surface area contributed by atoms with Gasteiger partial charge in [-0.05, 0) is 50.0 Å². The molecule has 0 atom stereocenters. The molecule has 0 radical (unpaired) electrons. The summed E-state index contributed by atoms with van der Waals surface area (Å²) < 4.78 is 13.5. The number of ketones is 1. The molecule has 1 aliphatic carbocycles. The maximum Gasteiger partial charge on any atom is 0.188 e. The van der Waals surface area contributed by atoms with Gasteiger partial charge in [0.25, 0.3) is 0 Å². The summed E-state index contributed by atoms with van der Waals surface area (Å²) in [5.41, 5.74) is 1.24. The fourth-order valence-electron chi connectivity index (χ4n) is 2.10. The van der Waals surface area contributed by atoms with Gasteiger partial charge in [-0.3, -0.25) is 4.79 Å². The molecule has 1 saturated carbocycles. The molecule has 0 unspecified atom stereocenters. The molecule has 0 N–H and O–H groups in total. The molecule has 0 saturated heterocycles. The molecule has 1 aromatic rings. The van der Waals surface area contributed by atoms with Gasteiger partial charge < -0.3 is 0 Å². The van der Waals surface area contributed by atoms with Gasteiger partial charge >= 0.3 is 0 Å². The van der Waals surface area contributed by atoms with Crippen LogP contribution < -0.4 is 0 Å². The summed E-state index contributed by atoms with van der Waals surface area (Å²) in [5, 5.41) is 0.310. The molecule has 2 rings (SSSR count). The van der Waals surface area contributed by atoms with Crippen LogP contribution in [0.15, 0.2) is 29.8 Å². The van der Waals surface area contributed by atoms with E-state index in [1.807, 2.05) is 0 Å². The van der Waals surface area contributed by atoms with Crippen LogP contribution in [0.3, 0.4) is 0 Å². The van der Waals surface area contributed by atoms with Crippen LogP contribution in [-0.2, 0) is 0 Å². The van der Waals surface area contributed by atoms with Crippen molar-refractivity contribution in [3.8, 4) is 0 Å². The van der Waals surface area contributed by atoms with Crippen molar-refractivity contribution in [1.29, 1.82) is 0 Å². The summed E-state index contributed by atoms with van der Waals surface area (Å²) in [5.74, 6) is -0.800. The highest BCUT2D eigenvalue weighted by Crippen LogP contribution is 2.24. The van der Waals surface area contributed by atoms with Crippen molar-refractivity contribution in [2.24, 2.45) is 0 Å². The molecule has 0 bridgehead atoms. The third-order valence-electron chi connectivity index (χ3n) is 3.03. The van der Waals surface area contributed by atoms with Gasteiger partial charge in [-0.2, -0.15) is 0 Å². The topological polar surface area (TPSA) is 17.1 Å². The first-order chi connectivity index (χ1) is 8.16. The third kappa shape index (κ3) is 3.16. The third-order valence-corrected chi connectivity index (χ3v) is 3.26. The van der Waals surface area contributed by atoms with Gasteiger partial charge in [0.15, 0.2) is 5.78 Å². The summed E-state index contributed by atoms with van der Waals surface area (Å²) in [6.07, 6.45) is 6.98. The van der Waals surface area contributed by atoms with Crippen molar-refractivity contribution in [3.05, 3.63) is 46.3 Å². The zero-order chi connectivity index (χ0) is 12.3. The predicted octanol–water partition coefficient (Wildman–Crippen LogP) is 4.55. The van der Waals surface area contributed by atoms with Crippen LogP contribution in [0.2, 0.25) is 5.02 Å². The second-order valence-corrected chi connectivity index (χ2v) is 4.79. The monoisotopic (exact) mass is 252 g/mol. The van der Waals surface area contributed by atoms with E-state index in [2.05, 4.69) is 0 Å². The Hall–Kier alpha value is -1.15. The Morgan fingerprint density at radius 2 is 1.94 bits per heavy atom. The highest BCUT2D eigenvalue weighted by atomic mass is 35.5. The Balaban J connectivity index is 2.19. The lowest BCUT2D eigenvalue weighted by atomic mass is 9.93. The molecule has 3 heteroatoms. The molecule has 0 aliphatic heterocycles. The van der Waals surface area contributed by atoms with Crippen molar-refractivity contribution in [2.75, 3.05) is 0 Å². The second kappa shape index (κ2) is 5.46. The zero-order valence-electron chi connectivity index (χ0n) is 9.51. The fourth-order valence-corrected chi connectivity index (χ4v) is 2.26. The number of allylic oxidation sites excluding steroid dienone is 2. The van der Waals surface area contributed by atoms with Gasteiger partial charge in [0.1, 0.15) is 5.82 Å². The standard InChI is InChI=1S/C14H14ClFO/c15-11-6-7-12(13(16)9-11)14(17)8-10-4-2-1-3-5-10/h6-9H,1-5H2. The number of benzene rings is 1. The molecular weight excluding hydrogens is 239 g/mol. The summed E-state index contributed by atoms with van der Waals surface area (Å²) in [6.45, 7) is 0. The van der Waals surface area contributed by atoms with Crippen LogP contribution in [0.4, 0.5) is 4.39 Å². The van der Waals surface area contributed by atoms with Gasteiger partial charge in [-0.1, -0.05) is 23.6 Å². The van der Waals surface area contributed by atoms with E-state index < -0.39 is 5.82 Å². The Bertz CT molecular complexity index is 457. The molecule has 0 heterocycles. The number of carbonyl (C=O) groups excluding carboxylic acids is 1. The summed E-state index contributed by atoms with van der Waals surface area (Å²) in [4.78, 5) is 11.9. The lowest BCUT2D eigenvalue weighted by Crippen LogP contribution is -2.02. The average Bonchev–Trinajstić information content (AvgIpc) is 2.30. The summed E-state index contributed by atoms with van der Waals surface area (Å²) >= 11 is 5.65. The van der Waals surface area contributed by atoms with Crippen LogP contribution >= 0.6 is 11.6 Å². The molecule has 0 amide bonds. The van der Waals surface area contributed by atoms with E-state index in [1.54, 1.807) is 6.08 Å². The van der Waals surface area contributed by atoms with Gasteiger partial charge in [0, 0.05) is 5.02 Å². The number of hydrogen-bond donors (Lipinski definition) is 0. The van der Waals surface area contributed by atoms with E-state index >= 15 is 0 Å². The fraction of sp³-hybridized carbons (Fsp3) is 0.357. The van der Waals surface area contributed by atoms with Crippen molar-refractivity contribution in [3.63, 3.8) is 0 Å². The molecule has 0 spiro atoms. The number of carbonyl (C=O) groups is 1. The first kappa shape index (κ1) is 12.3. The Morgan fingerprint density at radius 1 is 1.24 bits per heavy atom. The van der Waals surface area contributed by atoms with Crippen LogP contribution in [0, 0.1) is 5.82 Å². The van der Waals surface area contributed by atoms with E-state index in [4.69, 9.17) is 11.6 Å². The van der Waals surface area contributed by atoms with Crippen molar-refractivity contribution < 1.29 is 9.18 Å². The van der Waals surface area contributed by atoms with E-state index in [1.165, 1.54) is 24.6 Å². The minimum Gasteiger partial charge on any atom is -0.289 e. The number of rotatable bonds is 2. The van der Waals surface area contributed by atoms with Gasteiger partial charge in [-0.25, -0.2) is 4.39 Å². The van der Waals surface area contributed by atoms with Gasteiger partial charge in [0.2, 0.25) is 0 Å². The smallest absolute Gasteiger partial charge is 0.188 e. The molecule has 90 valence electrons. The second-order valence-electron chi connectivity index (χ2n) is 4.35. The van der Waals surface area contributed by atoms with Crippen molar-refractivity contribution >= 4 is 17.4 Å². The molecule has 0 aromatic heterocycles. The molecule has 1 aliphatic rings. The van der Waals surface area contributed by atoms with Crippen LogP contribution in [0.5, 0.6) is 0 Å².